The summed E-state index contributed by atoms with van der Waals surface area (Å²) in [6, 6.07) is 9.80. The van der Waals surface area contributed by atoms with E-state index in [4.69, 9.17) is 4.74 Å². The third-order valence-corrected chi connectivity index (χ3v) is 3.63. The number of carbonyl (C=O) groups excluding carboxylic acids is 2. The number of aldehydes is 1. The van der Waals surface area contributed by atoms with Gasteiger partial charge in [0.1, 0.15) is 12.5 Å². The van der Waals surface area contributed by atoms with E-state index in [9.17, 15) is 9.59 Å². The van der Waals surface area contributed by atoms with Crippen LogP contribution in [0.25, 0.3) is 0 Å². The summed E-state index contributed by atoms with van der Waals surface area (Å²) >= 11 is 0. The number of ether oxygens (including phenoxy) is 1. The third-order valence-electron chi connectivity index (χ3n) is 3.63. The second-order valence-electron chi connectivity index (χ2n) is 6.16. The maximum Gasteiger partial charge on any atom is 0.212 e. The van der Waals surface area contributed by atoms with Gasteiger partial charge < -0.3 is 19.3 Å². The van der Waals surface area contributed by atoms with E-state index in [0.29, 0.717) is 25.5 Å². The van der Waals surface area contributed by atoms with Crippen LogP contribution in [0, 0.1) is 5.92 Å². The minimum Gasteiger partial charge on any atom is -0.352 e. The fourth-order valence-corrected chi connectivity index (χ4v) is 2.17. The zero-order valence-electron chi connectivity index (χ0n) is 14.4. The molecule has 1 rings (SSSR count). The first-order valence-corrected chi connectivity index (χ1v) is 8.05. The van der Waals surface area contributed by atoms with Gasteiger partial charge >= 0.3 is 0 Å². The summed E-state index contributed by atoms with van der Waals surface area (Å²) in [6.07, 6.45) is 2.05. The van der Waals surface area contributed by atoms with Crippen LogP contribution in [0.5, 0.6) is 0 Å². The summed E-state index contributed by atoms with van der Waals surface area (Å²) in [6.45, 7) is 6.32. The van der Waals surface area contributed by atoms with Crippen LogP contribution in [0.4, 0.5) is 0 Å². The Balaban J connectivity index is 2.63. The highest BCUT2D eigenvalue weighted by molar-refractivity contribution is 5.59. The Labute approximate surface area is 139 Å². The highest BCUT2D eigenvalue weighted by Crippen LogP contribution is 2.09. The molecule has 0 heterocycles. The lowest BCUT2D eigenvalue weighted by Gasteiger charge is -2.31. The standard InChI is InChI=1S/C18H28N2O3/c1-16(2)9-10-19(3)13-18(20(15-22)11-12-21)23-14-17-7-5-4-6-8-17/h4-8,12,15-16,18H,9-11,13-14H2,1-3H3. The number of likely N-dealkylation sites (N-methyl/N-ethyl adjacent to an activating group) is 1. The van der Waals surface area contributed by atoms with Crippen molar-refractivity contribution in [3.63, 3.8) is 0 Å². The highest BCUT2D eigenvalue weighted by Gasteiger charge is 2.19. The quantitative estimate of drug-likeness (QED) is 0.437. The van der Waals surface area contributed by atoms with E-state index in [1.54, 1.807) is 0 Å². The van der Waals surface area contributed by atoms with Crippen molar-refractivity contribution in [3.05, 3.63) is 35.9 Å². The largest absolute Gasteiger partial charge is 0.352 e. The average Bonchev–Trinajstić information content (AvgIpc) is 2.55. The molecular weight excluding hydrogens is 292 g/mol. The van der Waals surface area contributed by atoms with Crippen LogP contribution in [-0.4, -0.2) is 55.4 Å². The number of carbonyl (C=O) groups is 2. The first-order chi connectivity index (χ1) is 11.1. The van der Waals surface area contributed by atoms with Gasteiger partial charge in [0.25, 0.3) is 0 Å². The van der Waals surface area contributed by atoms with Crippen molar-refractivity contribution in [2.75, 3.05) is 26.7 Å². The van der Waals surface area contributed by atoms with Gasteiger partial charge in [-0.15, -0.1) is 0 Å². The van der Waals surface area contributed by atoms with Crippen LogP contribution in [-0.2, 0) is 20.9 Å². The van der Waals surface area contributed by atoms with Crippen molar-refractivity contribution in [2.45, 2.75) is 33.1 Å². The van der Waals surface area contributed by atoms with E-state index in [0.717, 1.165) is 24.8 Å². The zero-order valence-corrected chi connectivity index (χ0v) is 14.4. The van der Waals surface area contributed by atoms with Gasteiger partial charge in [0.2, 0.25) is 6.41 Å². The molecule has 0 N–H and O–H groups in total. The van der Waals surface area contributed by atoms with E-state index >= 15 is 0 Å². The predicted molar refractivity (Wildman–Crippen MR) is 90.8 cm³/mol. The van der Waals surface area contributed by atoms with E-state index in [2.05, 4.69) is 18.7 Å². The molecule has 1 unspecified atom stereocenters. The van der Waals surface area contributed by atoms with Crippen LogP contribution < -0.4 is 0 Å². The van der Waals surface area contributed by atoms with E-state index in [1.165, 1.54) is 4.90 Å². The molecule has 0 aliphatic carbocycles. The molecule has 0 bridgehead atoms. The second kappa shape index (κ2) is 10.9. The molecule has 1 atom stereocenters. The van der Waals surface area contributed by atoms with E-state index < -0.39 is 6.23 Å². The topological polar surface area (TPSA) is 49.9 Å². The van der Waals surface area contributed by atoms with Crippen molar-refractivity contribution < 1.29 is 14.3 Å². The average molecular weight is 320 g/mol. The molecule has 0 aliphatic rings. The Hall–Kier alpha value is -1.72. The van der Waals surface area contributed by atoms with Crippen molar-refractivity contribution >= 4 is 12.7 Å². The number of hydrogen-bond acceptors (Lipinski definition) is 4. The van der Waals surface area contributed by atoms with E-state index in [-0.39, 0.29) is 6.54 Å². The summed E-state index contributed by atoms with van der Waals surface area (Å²) in [7, 11) is 2.01. The fraction of sp³-hybridized carbons (Fsp3) is 0.556. The van der Waals surface area contributed by atoms with Crippen LogP contribution in [0.3, 0.4) is 0 Å². The van der Waals surface area contributed by atoms with Crippen LogP contribution in [0.2, 0.25) is 0 Å². The second-order valence-corrected chi connectivity index (χ2v) is 6.16. The lowest BCUT2D eigenvalue weighted by Crippen LogP contribution is -2.45. The number of amides is 1. The summed E-state index contributed by atoms with van der Waals surface area (Å²) in [4.78, 5) is 25.6. The molecule has 1 aromatic carbocycles. The first kappa shape index (κ1) is 19.3. The molecule has 0 saturated carbocycles. The van der Waals surface area contributed by atoms with Crippen LogP contribution >= 0.6 is 0 Å². The summed E-state index contributed by atoms with van der Waals surface area (Å²) in [5, 5.41) is 0. The maximum absolute atomic E-state index is 11.3. The first-order valence-electron chi connectivity index (χ1n) is 8.05. The van der Waals surface area contributed by atoms with Crippen molar-refractivity contribution in [1.29, 1.82) is 0 Å². The number of rotatable bonds is 12. The molecule has 0 spiro atoms. The Bertz CT molecular complexity index is 451. The predicted octanol–water partition coefficient (Wildman–Crippen LogP) is 2.16. The Kier molecular flexibility index (Phi) is 9.17. The normalized spacial score (nSPS) is 12.4. The molecule has 5 nitrogen and oxygen atoms in total. The molecular formula is C18H28N2O3. The summed E-state index contributed by atoms with van der Waals surface area (Å²) in [5.74, 6) is 0.623. The minimum atomic E-state index is -0.435. The van der Waals surface area contributed by atoms with Crippen molar-refractivity contribution in [2.24, 2.45) is 5.92 Å². The van der Waals surface area contributed by atoms with Gasteiger partial charge in [0.05, 0.1) is 13.2 Å². The molecule has 0 aromatic heterocycles. The van der Waals surface area contributed by atoms with Gasteiger partial charge in [-0.3, -0.25) is 4.79 Å². The maximum atomic E-state index is 11.3. The highest BCUT2D eigenvalue weighted by atomic mass is 16.5. The van der Waals surface area contributed by atoms with Crippen LogP contribution in [0.15, 0.2) is 30.3 Å². The molecule has 1 aromatic rings. The van der Waals surface area contributed by atoms with Gasteiger partial charge in [-0.25, -0.2) is 0 Å². The number of nitrogens with zero attached hydrogens (tertiary/aromatic N) is 2. The molecule has 23 heavy (non-hydrogen) atoms. The SMILES string of the molecule is CC(C)CCN(C)CC(OCc1ccccc1)N(C=O)CC=O. The Morgan fingerprint density at radius 3 is 2.43 bits per heavy atom. The Morgan fingerprint density at radius 1 is 1.17 bits per heavy atom. The summed E-state index contributed by atoms with van der Waals surface area (Å²) in [5.41, 5.74) is 1.04. The van der Waals surface area contributed by atoms with Crippen molar-refractivity contribution in [3.8, 4) is 0 Å². The molecule has 0 fully saturated rings. The molecule has 1 amide bonds. The number of benzene rings is 1. The third kappa shape index (κ3) is 7.90. The van der Waals surface area contributed by atoms with Crippen LogP contribution in [0.1, 0.15) is 25.8 Å². The van der Waals surface area contributed by atoms with Gasteiger partial charge in [-0.05, 0) is 31.5 Å². The lowest BCUT2D eigenvalue weighted by atomic mass is 10.1. The van der Waals surface area contributed by atoms with E-state index in [1.807, 2.05) is 37.4 Å². The van der Waals surface area contributed by atoms with Gasteiger partial charge in [-0.2, -0.15) is 0 Å². The van der Waals surface area contributed by atoms with Gasteiger partial charge in [0.15, 0.2) is 0 Å². The molecule has 5 heteroatoms. The van der Waals surface area contributed by atoms with Crippen molar-refractivity contribution in [1.82, 2.24) is 9.80 Å². The monoisotopic (exact) mass is 320 g/mol. The fourth-order valence-electron chi connectivity index (χ4n) is 2.17. The smallest absolute Gasteiger partial charge is 0.212 e. The lowest BCUT2D eigenvalue weighted by molar-refractivity contribution is -0.139. The molecule has 0 saturated heterocycles. The molecule has 0 radical (unpaired) electrons. The van der Waals surface area contributed by atoms with Gasteiger partial charge in [-0.1, -0.05) is 44.2 Å². The zero-order chi connectivity index (χ0) is 17.1. The molecule has 0 aliphatic heterocycles. The Morgan fingerprint density at radius 2 is 1.87 bits per heavy atom. The number of hydrogen-bond donors (Lipinski definition) is 0. The summed E-state index contributed by atoms with van der Waals surface area (Å²) < 4.78 is 5.91. The molecule has 128 valence electrons. The van der Waals surface area contributed by atoms with Gasteiger partial charge in [0, 0.05) is 6.54 Å². The minimum absolute atomic E-state index is 0.0426.